The maximum atomic E-state index is 6.43. The van der Waals surface area contributed by atoms with Crippen molar-refractivity contribution >= 4 is 23.2 Å². The van der Waals surface area contributed by atoms with E-state index >= 15 is 0 Å². The topological polar surface area (TPSA) is 26.0 Å². The van der Waals surface area contributed by atoms with Crippen molar-refractivity contribution in [3.05, 3.63) is 69.2 Å². The van der Waals surface area contributed by atoms with Gasteiger partial charge in [-0.2, -0.15) is 0 Å². The van der Waals surface area contributed by atoms with Gasteiger partial charge in [0.2, 0.25) is 0 Å². The second-order valence-electron chi connectivity index (χ2n) is 4.67. The molecule has 1 unspecified atom stereocenters. The Morgan fingerprint density at radius 3 is 2.06 bits per heavy atom. The summed E-state index contributed by atoms with van der Waals surface area (Å²) in [4.78, 5) is 0. The standard InChI is InChI=1S/C15H15Cl2N/c1-10-3-4-12(9-14(10)17)15(2,18)11-5-7-13(16)8-6-11/h3-9H,18H2,1-2H3. The lowest BCUT2D eigenvalue weighted by atomic mass is 9.85. The average molecular weight is 280 g/mol. The molecule has 0 aliphatic heterocycles. The van der Waals surface area contributed by atoms with E-state index < -0.39 is 5.54 Å². The summed E-state index contributed by atoms with van der Waals surface area (Å²) in [6.07, 6.45) is 0. The highest BCUT2D eigenvalue weighted by atomic mass is 35.5. The summed E-state index contributed by atoms with van der Waals surface area (Å²) in [5.74, 6) is 0. The quantitative estimate of drug-likeness (QED) is 0.859. The first-order valence-corrected chi connectivity index (χ1v) is 6.48. The highest BCUT2D eigenvalue weighted by Crippen LogP contribution is 2.30. The summed E-state index contributed by atoms with van der Waals surface area (Å²) in [5.41, 5.74) is 8.89. The fraction of sp³-hybridized carbons (Fsp3) is 0.200. The van der Waals surface area contributed by atoms with Crippen LogP contribution in [0.1, 0.15) is 23.6 Å². The Bertz CT molecular complexity index is 559. The minimum atomic E-state index is -0.581. The van der Waals surface area contributed by atoms with Crippen LogP contribution in [0.3, 0.4) is 0 Å². The molecule has 0 saturated carbocycles. The van der Waals surface area contributed by atoms with Crippen LogP contribution in [0.5, 0.6) is 0 Å². The summed E-state index contributed by atoms with van der Waals surface area (Å²) >= 11 is 12.0. The highest BCUT2D eigenvalue weighted by molar-refractivity contribution is 6.31. The smallest absolute Gasteiger partial charge is 0.0637 e. The number of rotatable bonds is 2. The maximum Gasteiger partial charge on any atom is 0.0637 e. The van der Waals surface area contributed by atoms with Gasteiger partial charge < -0.3 is 5.73 Å². The molecular weight excluding hydrogens is 265 g/mol. The number of nitrogens with two attached hydrogens (primary N) is 1. The third kappa shape index (κ3) is 2.54. The summed E-state index contributed by atoms with van der Waals surface area (Å²) < 4.78 is 0. The van der Waals surface area contributed by atoms with Crippen LogP contribution >= 0.6 is 23.2 Å². The molecule has 3 heteroatoms. The molecule has 0 heterocycles. The fourth-order valence-electron chi connectivity index (χ4n) is 1.88. The molecule has 94 valence electrons. The fourth-order valence-corrected chi connectivity index (χ4v) is 2.19. The zero-order valence-corrected chi connectivity index (χ0v) is 11.9. The first kappa shape index (κ1) is 13.4. The lowest BCUT2D eigenvalue weighted by Crippen LogP contribution is -2.34. The molecule has 0 saturated heterocycles. The molecule has 0 aromatic heterocycles. The molecule has 0 aliphatic carbocycles. The van der Waals surface area contributed by atoms with Gasteiger partial charge in [-0.05, 0) is 48.7 Å². The number of hydrogen-bond donors (Lipinski definition) is 1. The zero-order valence-electron chi connectivity index (χ0n) is 10.4. The molecule has 2 N–H and O–H groups in total. The van der Waals surface area contributed by atoms with Gasteiger partial charge in [0.05, 0.1) is 5.54 Å². The van der Waals surface area contributed by atoms with Crippen LogP contribution in [0.15, 0.2) is 42.5 Å². The normalized spacial score (nSPS) is 14.3. The van der Waals surface area contributed by atoms with Gasteiger partial charge in [-0.1, -0.05) is 47.5 Å². The minimum absolute atomic E-state index is 0.581. The van der Waals surface area contributed by atoms with E-state index in [2.05, 4.69) is 0 Å². The molecule has 2 aromatic carbocycles. The highest BCUT2D eigenvalue weighted by Gasteiger charge is 2.24. The second-order valence-corrected chi connectivity index (χ2v) is 5.52. The predicted molar refractivity (Wildman–Crippen MR) is 78.3 cm³/mol. The van der Waals surface area contributed by atoms with Crippen LogP contribution in [0.2, 0.25) is 10.0 Å². The molecule has 0 bridgehead atoms. The van der Waals surface area contributed by atoms with Gasteiger partial charge in [0.1, 0.15) is 0 Å². The van der Waals surface area contributed by atoms with E-state index in [0.29, 0.717) is 5.02 Å². The van der Waals surface area contributed by atoms with E-state index in [-0.39, 0.29) is 0 Å². The summed E-state index contributed by atoms with van der Waals surface area (Å²) in [5, 5.41) is 1.44. The lowest BCUT2D eigenvalue weighted by Gasteiger charge is -2.26. The van der Waals surface area contributed by atoms with Crippen molar-refractivity contribution in [3.63, 3.8) is 0 Å². The van der Waals surface area contributed by atoms with Crippen LogP contribution in [0.4, 0.5) is 0 Å². The molecule has 0 fully saturated rings. The van der Waals surface area contributed by atoms with Crippen molar-refractivity contribution in [2.24, 2.45) is 5.73 Å². The van der Waals surface area contributed by atoms with Gasteiger partial charge in [0.25, 0.3) is 0 Å². The van der Waals surface area contributed by atoms with Crippen LogP contribution in [-0.2, 0) is 5.54 Å². The average Bonchev–Trinajstić information content (AvgIpc) is 2.33. The van der Waals surface area contributed by atoms with Crippen LogP contribution in [0, 0.1) is 6.92 Å². The Morgan fingerprint density at radius 2 is 1.50 bits per heavy atom. The van der Waals surface area contributed by atoms with Crippen molar-refractivity contribution in [2.75, 3.05) is 0 Å². The molecule has 0 spiro atoms. The molecule has 0 amide bonds. The van der Waals surface area contributed by atoms with Gasteiger partial charge in [-0.3, -0.25) is 0 Å². The van der Waals surface area contributed by atoms with Gasteiger partial charge in [0.15, 0.2) is 0 Å². The Labute approximate surface area is 118 Å². The number of halogens is 2. The Kier molecular flexibility index (Phi) is 3.67. The molecule has 0 aliphatic rings. The van der Waals surface area contributed by atoms with Gasteiger partial charge in [0, 0.05) is 10.0 Å². The van der Waals surface area contributed by atoms with Gasteiger partial charge in [-0.25, -0.2) is 0 Å². The summed E-state index contributed by atoms with van der Waals surface area (Å²) in [6.45, 7) is 3.94. The van der Waals surface area contributed by atoms with Crippen LogP contribution in [0.25, 0.3) is 0 Å². The lowest BCUT2D eigenvalue weighted by molar-refractivity contribution is 0.603. The maximum absolute atomic E-state index is 6.43. The van der Waals surface area contributed by atoms with Crippen LogP contribution < -0.4 is 5.73 Å². The molecule has 2 rings (SSSR count). The number of hydrogen-bond acceptors (Lipinski definition) is 1. The monoisotopic (exact) mass is 279 g/mol. The number of benzene rings is 2. The van der Waals surface area contributed by atoms with Crippen molar-refractivity contribution in [2.45, 2.75) is 19.4 Å². The van der Waals surface area contributed by atoms with E-state index in [1.165, 1.54) is 0 Å². The Hall–Kier alpha value is -1.02. The molecule has 1 nitrogen and oxygen atoms in total. The molecule has 1 atom stereocenters. The zero-order chi connectivity index (χ0) is 13.3. The number of aryl methyl sites for hydroxylation is 1. The van der Waals surface area contributed by atoms with E-state index in [4.69, 9.17) is 28.9 Å². The Balaban J connectivity index is 2.46. The molecule has 18 heavy (non-hydrogen) atoms. The van der Waals surface area contributed by atoms with Crippen LogP contribution in [-0.4, -0.2) is 0 Å². The summed E-state index contributed by atoms with van der Waals surface area (Å²) in [7, 11) is 0. The van der Waals surface area contributed by atoms with Gasteiger partial charge >= 0.3 is 0 Å². The minimum Gasteiger partial charge on any atom is -0.318 e. The van der Waals surface area contributed by atoms with Crippen molar-refractivity contribution < 1.29 is 0 Å². The second kappa shape index (κ2) is 4.93. The van der Waals surface area contributed by atoms with E-state index in [1.54, 1.807) is 0 Å². The third-order valence-electron chi connectivity index (χ3n) is 3.22. The summed E-state index contributed by atoms with van der Waals surface area (Å²) in [6, 6.07) is 13.5. The largest absolute Gasteiger partial charge is 0.318 e. The molecule has 2 aromatic rings. The predicted octanol–water partition coefficient (Wildman–Crippen LogP) is 4.52. The first-order valence-electron chi connectivity index (χ1n) is 5.73. The third-order valence-corrected chi connectivity index (χ3v) is 3.87. The van der Waals surface area contributed by atoms with Crippen molar-refractivity contribution in [1.82, 2.24) is 0 Å². The van der Waals surface area contributed by atoms with E-state index in [0.717, 1.165) is 21.7 Å². The van der Waals surface area contributed by atoms with Crippen molar-refractivity contribution in [3.8, 4) is 0 Å². The van der Waals surface area contributed by atoms with Crippen molar-refractivity contribution in [1.29, 1.82) is 0 Å². The van der Waals surface area contributed by atoms with E-state index in [9.17, 15) is 0 Å². The van der Waals surface area contributed by atoms with E-state index in [1.807, 2.05) is 56.3 Å². The SMILES string of the molecule is Cc1ccc(C(C)(N)c2ccc(Cl)cc2)cc1Cl. The molecule has 0 radical (unpaired) electrons. The first-order chi connectivity index (χ1) is 8.41. The Morgan fingerprint density at radius 1 is 0.944 bits per heavy atom. The van der Waals surface area contributed by atoms with Gasteiger partial charge in [-0.15, -0.1) is 0 Å². The molecular formula is C15H15Cl2N.